The van der Waals surface area contributed by atoms with Crippen LogP contribution in [0, 0.1) is 11.8 Å². The molecule has 17 nitrogen and oxygen atoms in total. The summed E-state index contributed by atoms with van der Waals surface area (Å²) in [5.74, 6) is 0.556. The number of imidazole rings is 2. The van der Waals surface area contributed by atoms with E-state index in [1.165, 1.54) is 47.6 Å². The Kier molecular flexibility index (Phi) is 12.9. The van der Waals surface area contributed by atoms with Crippen LogP contribution in [0.3, 0.4) is 0 Å². The maximum absolute atomic E-state index is 13.7. The fourth-order valence-corrected chi connectivity index (χ4v) is 7.93. The molecule has 56 heavy (non-hydrogen) atoms. The number of hydrogen-bond acceptors (Lipinski definition) is 12. The van der Waals surface area contributed by atoms with E-state index in [4.69, 9.17) is 7.80 Å². The molecule has 2 fully saturated rings. The largest absolute Gasteiger partial charge is 0.453 e. The minimum absolute atomic E-state index is 0.134. The number of benzene rings is 1. The van der Waals surface area contributed by atoms with Crippen LogP contribution in [0.5, 0.6) is 0 Å². The van der Waals surface area contributed by atoms with Gasteiger partial charge in [-0.2, -0.15) is 0 Å². The van der Waals surface area contributed by atoms with E-state index in [2.05, 4.69) is 40.9 Å². The van der Waals surface area contributed by atoms with E-state index in [1.54, 1.807) is 21.5 Å². The number of H-pyrrole nitrogens is 2. The molecular weight excluding hydrogens is 855 g/mol. The Hall–Kier alpha value is -5.05. The van der Waals surface area contributed by atoms with Crippen molar-refractivity contribution in [1.29, 1.82) is 0 Å². The number of nitrogens with one attached hydrogen (secondary N) is 5. The highest BCUT2D eigenvalue weighted by atomic mass is 127. The smallest absolute Gasteiger partial charge is 0.417 e. The zero-order valence-electron chi connectivity index (χ0n) is 31.6. The summed E-state index contributed by atoms with van der Waals surface area (Å²) in [4.78, 5) is 88.6. The van der Waals surface area contributed by atoms with Crippen molar-refractivity contribution < 1.29 is 31.8 Å². The number of nitrogens with zero attached hydrogens (tertiary/aromatic N) is 5. The van der Waals surface area contributed by atoms with Gasteiger partial charge in [-0.1, -0.05) is 39.8 Å². The summed E-state index contributed by atoms with van der Waals surface area (Å²) < 4.78 is 9.44. The number of carbonyl (C=O) groups excluding carboxylic acids is 5. The molecule has 0 unspecified atom stereocenters. The van der Waals surface area contributed by atoms with Crippen molar-refractivity contribution in [3.8, 4) is 11.3 Å². The number of alkyl carbamates (subject to hydrolysis) is 1. The van der Waals surface area contributed by atoms with E-state index in [1.807, 2.05) is 52.0 Å². The van der Waals surface area contributed by atoms with Gasteiger partial charge in [0.1, 0.15) is 34.3 Å². The zero-order valence-corrected chi connectivity index (χ0v) is 34.6. The van der Waals surface area contributed by atoms with Crippen molar-refractivity contribution in [2.75, 3.05) is 25.5 Å². The first-order chi connectivity index (χ1) is 26.9. The van der Waals surface area contributed by atoms with Crippen LogP contribution in [0.1, 0.15) is 92.5 Å². The fourth-order valence-electron chi connectivity index (χ4n) is 7.11. The number of ketones is 1. The third-order valence-electron chi connectivity index (χ3n) is 10.0. The highest BCUT2D eigenvalue weighted by Gasteiger charge is 2.39. The summed E-state index contributed by atoms with van der Waals surface area (Å²) in [6.45, 7) is 8.52. The number of hydrogen-bond donors (Lipinski definition) is 5. The topological polar surface area (TPSA) is 217 Å². The number of halogens is 1. The lowest BCUT2D eigenvalue weighted by Crippen LogP contribution is -2.51. The Morgan fingerprint density at radius 2 is 1.39 bits per heavy atom. The monoisotopic (exact) mass is 900 g/mol. The lowest BCUT2D eigenvalue weighted by molar-refractivity contribution is -0.136. The normalized spacial score (nSPS) is 17.9. The molecule has 4 amide bonds. The molecule has 1 aromatic carbocycles. The molecule has 3 aromatic heterocycles. The lowest BCUT2D eigenvalue weighted by atomic mass is 10.0. The molecule has 2 saturated heterocycles. The fraction of sp³-hybridized carbons (Fsp3) is 0.459. The van der Waals surface area contributed by atoms with Crippen LogP contribution >= 0.6 is 34.3 Å². The van der Waals surface area contributed by atoms with Gasteiger partial charge in [-0.25, -0.2) is 24.5 Å². The summed E-state index contributed by atoms with van der Waals surface area (Å²) in [5.41, 5.74) is 4.23. The first-order valence-corrected chi connectivity index (χ1v) is 20.2. The minimum atomic E-state index is -0.766. The van der Waals surface area contributed by atoms with E-state index >= 15 is 0 Å². The second-order valence-corrected chi connectivity index (χ2v) is 15.7. The van der Waals surface area contributed by atoms with Crippen LogP contribution < -0.4 is 16.0 Å². The first kappa shape index (κ1) is 40.6. The van der Waals surface area contributed by atoms with E-state index < -0.39 is 24.3 Å². The molecule has 0 spiro atoms. The van der Waals surface area contributed by atoms with E-state index in [0.717, 1.165) is 30.5 Å². The number of anilines is 2. The summed E-state index contributed by atoms with van der Waals surface area (Å²) in [7, 11) is 1.25. The second-order valence-electron chi connectivity index (χ2n) is 14.4. The van der Waals surface area contributed by atoms with Gasteiger partial charge in [0.25, 0.3) is 0 Å². The SMILES string of the molecule is COC(=O)N[C@H](C(=O)N1CCC[C@H]1c1ncc(C(=O)c2scnc2Nc2ccc(-c3cnc([C@@H]4CCCN4C(=O)[C@@H](NC(=O)OI)C(C)C)[nH]3)cc2)[nH]1)C(C)C. The van der Waals surface area contributed by atoms with Gasteiger partial charge in [-0.3, -0.25) is 14.4 Å². The molecule has 6 rings (SSSR count). The molecule has 0 radical (unpaired) electrons. The number of ether oxygens (including phenoxy) is 1. The molecule has 4 aromatic rings. The number of aromatic amines is 2. The molecular formula is C37H45IN10O7S. The summed E-state index contributed by atoms with van der Waals surface area (Å²) in [6.07, 6.45) is 4.85. The number of amides is 4. The molecule has 2 aliphatic heterocycles. The van der Waals surface area contributed by atoms with Crippen molar-refractivity contribution in [3.63, 3.8) is 0 Å². The molecule has 298 valence electrons. The van der Waals surface area contributed by atoms with Crippen molar-refractivity contribution >= 4 is 75.6 Å². The molecule has 5 heterocycles. The van der Waals surface area contributed by atoms with Gasteiger partial charge in [0.15, 0.2) is 28.8 Å². The predicted octanol–water partition coefficient (Wildman–Crippen LogP) is 6.04. The number of likely N-dealkylation sites (tertiary alicyclic amines) is 2. The van der Waals surface area contributed by atoms with Crippen LogP contribution in [0.15, 0.2) is 42.2 Å². The van der Waals surface area contributed by atoms with Gasteiger partial charge in [0.05, 0.1) is 42.8 Å². The van der Waals surface area contributed by atoms with Gasteiger partial charge >= 0.3 is 12.2 Å². The minimum Gasteiger partial charge on any atom is -0.453 e. The van der Waals surface area contributed by atoms with Gasteiger partial charge in [0.2, 0.25) is 17.6 Å². The van der Waals surface area contributed by atoms with Crippen LogP contribution in [-0.2, 0) is 17.4 Å². The number of rotatable bonds is 13. The van der Waals surface area contributed by atoms with E-state index in [-0.39, 0.29) is 47.2 Å². The van der Waals surface area contributed by atoms with Gasteiger partial charge < -0.3 is 43.5 Å². The van der Waals surface area contributed by atoms with Crippen LogP contribution in [0.25, 0.3) is 11.3 Å². The standard InChI is InChI=1S/C37H45IN10O7S/c1-19(2)27(45-36(52)54-5)34(50)48-15-7-9-26(48)32-40-17-24(44-32)29(49)30-33(41-18-56-30)42-22-12-10-21(11-13-22)23-16-39-31(43-23)25-8-6-14-47(25)35(51)28(20(3)4)46-37(53)55-38/h10-13,16-20,25-28,42H,6-9,14-15H2,1-5H3,(H,39,43)(H,40,44)(H,45,52)(H,46,53)/t25-,26-,27-,28-/m0/s1. The van der Waals surface area contributed by atoms with E-state index in [9.17, 15) is 24.0 Å². The maximum Gasteiger partial charge on any atom is 0.417 e. The lowest BCUT2D eigenvalue weighted by Gasteiger charge is -2.29. The average molecular weight is 901 g/mol. The average Bonchev–Trinajstić information content (AvgIpc) is 4.04. The second kappa shape index (κ2) is 17.8. The van der Waals surface area contributed by atoms with Crippen LogP contribution in [0.4, 0.5) is 21.1 Å². The summed E-state index contributed by atoms with van der Waals surface area (Å²) >= 11 is 2.70. The maximum atomic E-state index is 13.7. The van der Waals surface area contributed by atoms with Gasteiger partial charge in [0, 0.05) is 18.8 Å². The number of carbonyl (C=O) groups is 5. The molecule has 0 saturated carbocycles. The van der Waals surface area contributed by atoms with Crippen molar-refractivity contribution in [1.82, 2.24) is 45.4 Å². The summed E-state index contributed by atoms with van der Waals surface area (Å²) in [6, 6.07) is 5.46. The van der Waals surface area contributed by atoms with Crippen molar-refractivity contribution in [3.05, 3.63) is 64.4 Å². The Morgan fingerprint density at radius 3 is 1.96 bits per heavy atom. The van der Waals surface area contributed by atoms with E-state index in [0.29, 0.717) is 47.5 Å². The van der Waals surface area contributed by atoms with Crippen LogP contribution in [-0.4, -0.2) is 96.8 Å². The third kappa shape index (κ3) is 8.82. The summed E-state index contributed by atoms with van der Waals surface area (Å²) in [5, 5.41) is 8.56. The molecule has 2 aliphatic rings. The Morgan fingerprint density at radius 1 is 0.821 bits per heavy atom. The highest BCUT2D eigenvalue weighted by Crippen LogP contribution is 2.35. The number of methoxy groups -OCH3 is 1. The number of thiazole rings is 1. The molecule has 5 N–H and O–H groups in total. The molecule has 0 bridgehead atoms. The highest BCUT2D eigenvalue weighted by molar-refractivity contribution is 14.1. The van der Waals surface area contributed by atoms with Gasteiger partial charge in [-0.05, 0) is 55.2 Å². The zero-order chi connectivity index (χ0) is 40.1. The van der Waals surface area contributed by atoms with Crippen LogP contribution in [0.2, 0.25) is 0 Å². The molecule has 19 heteroatoms. The Labute approximate surface area is 341 Å². The van der Waals surface area contributed by atoms with Crippen molar-refractivity contribution in [2.45, 2.75) is 77.5 Å². The molecule has 4 atom stereocenters. The van der Waals surface area contributed by atoms with Crippen molar-refractivity contribution in [2.24, 2.45) is 11.8 Å². The molecule has 0 aliphatic carbocycles. The quantitative estimate of drug-likeness (QED) is 0.0770. The first-order valence-electron chi connectivity index (χ1n) is 18.4. The Bertz CT molecular complexity index is 2050. The Balaban J connectivity index is 1.10. The van der Waals surface area contributed by atoms with Gasteiger partial charge in [-0.15, -0.1) is 11.3 Å². The third-order valence-corrected chi connectivity index (χ3v) is 11.3. The predicted molar refractivity (Wildman–Crippen MR) is 215 cm³/mol. The number of aromatic nitrogens is 5.